The van der Waals surface area contributed by atoms with Crippen LogP contribution in [0.5, 0.6) is 0 Å². The molecule has 0 radical (unpaired) electrons. The van der Waals surface area contributed by atoms with Gasteiger partial charge in [0.15, 0.2) is 11.5 Å². The maximum absolute atomic E-state index is 13.4. The number of carbonyl (C=O) groups is 2. The van der Waals surface area contributed by atoms with E-state index in [1.165, 1.54) is 24.7 Å². The van der Waals surface area contributed by atoms with Gasteiger partial charge in [0.05, 0.1) is 23.5 Å². The van der Waals surface area contributed by atoms with E-state index in [-0.39, 0.29) is 34.6 Å². The highest BCUT2D eigenvalue weighted by Gasteiger charge is 2.37. The van der Waals surface area contributed by atoms with Crippen molar-refractivity contribution in [3.05, 3.63) is 60.6 Å². The van der Waals surface area contributed by atoms with E-state index in [2.05, 4.69) is 31.2 Å². The van der Waals surface area contributed by atoms with Gasteiger partial charge in [-0.15, -0.1) is 10.2 Å². The van der Waals surface area contributed by atoms with Crippen LogP contribution in [0.1, 0.15) is 47.1 Å². The minimum atomic E-state index is -1.05. The van der Waals surface area contributed by atoms with Gasteiger partial charge in [-0.05, 0) is 59.7 Å². The van der Waals surface area contributed by atoms with Gasteiger partial charge in [0, 0.05) is 23.5 Å². The summed E-state index contributed by atoms with van der Waals surface area (Å²) in [6.07, 6.45) is 2.13. The average Bonchev–Trinajstić information content (AvgIpc) is 3.38. The molecule has 0 aliphatic carbocycles. The van der Waals surface area contributed by atoms with E-state index >= 15 is 0 Å². The van der Waals surface area contributed by atoms with Gasteiger partial charge in [-0.2, -0.15) is 10.2 Å². The fourth-order valence-electron chi connectivity index (χ4n) is 3.39. The molecule has 40 heavy (non-hydrogen) atoms. The number of aromatic nitrogens is 5. The Morgan fingerprint density at radius 1 is 0.900 bits per heavy atom. The molecule has 4 aromatic rings. The summed E-state index contributed by atoms with van der Waals surface area (Å²) in [5, 5.41) is 17.8. The summed E-state index contributed by atoms with van der Waals surface area (Å²) in [7, 11) is 0. The third-order valence-electron chi connectivity index (χ3n) is 4.98. The quantitative estimate of drug-likeness (QED) is 0.307. The molecular weight excluding hydrogens is 514 g/mol. The Morgan fingerprint density at radius 3 is 2.12 bits per heavy atom. The fraction of sp³-hybridized carbons (Fsp3) is 0.286. The summed E-state index contributed by atoms with van der Waals surface area (Å²) in [5.74, 6) is -0.227. The highest BCUT2D eigenvalue weighted by atomic mass is 16.6. The Bertz CT molecular complexity index is 1550. The zero-order valence-electron chi connectivity index (χ0n) is 22.9. The molecule has 0 fully saturated rings. The molecule has 3 heterocycles. The first kappa shape index (κ1) is 27.8. The van der Waals surface area contributed by atoms with Crippen LogP contribution in [0.3, 0.4) is 0 Å². The van der Waals surface area contributed by atoms with Crippen molar-refractivity contribution in [1.29, 1.82) is 5.26 Å². The Hall–Kier alpha value is -5.18. The van der Waals surface area contributed by atoms with Crippen molar-refractivity contribution >= 4 is 18.0 Å². The van der Waals surface area contributed by atoms with E-state index in [9.17, 15) is 14.9 Å². The highest BCUT2D eigenvalue weighted by molar-refractivity contribution is 6.10. The molecular formula is C28H27N7O5. The molecule has 3 aromatic heterocycles. The number of hydrogen-bond donors (Lipinski definition) is 0. The SMILES string of the molecule is CC(C)(C)OC(=O)N(C(=O)OC(C)(C)C)c1ncc(-c2cnccc2C#N)nc1-c1nnc(-c2ccccc2)o1. The maximum atomic E-state index is 13.4. The molecule has 0 bridgehead atoms. The molecule has 0 saturated heterocycles. The molecule has 1 aromatic carbocycles. The predicted octanol–water partition coefficient (Wildman–Crippen LogP) is 5.80. The first-order chi connectivity index (χ1) is 18.9. The van der Waals surface area contributed by atoms with Crippen LogP contribution in [0.25, 0.3) is 34.3 Å². The van der Waals surface area contributed by atoms with Gasteiger partial charge in [-0.25, -0.2) is 19.6 Å². The molecule has 0 aliphatic heterocycles. The van der Waals surface area contributed by atoms with Crippen molar-refractivity contribution in [2.45, 2.75) is 52.7 Å². The van der Waals surface area contributed by atoms with Crippen molar-refractivity contribution in [3.8, 4) is 40.4 Å². The van der Waals surface area contributed by atoms with Crippen molar-refractivity contribution in [3.63, 3.8) is 0 Å². The predicted molar refractivity (Wildman–Crippen MR) is 144 cm³/mol. The summed E-state index contributed by atoms with van der Waals surface area (Å²) < 4.78 is 16.9. The van der Waals surface area contributed by atoms with E-state index in [0.717, 1.165) is 0 Å². The lowest BCUT2D eigenvalue weighted by Crippen LogP contribution is -2.44. The Balaban J connectivity index is 1.93. The van der Waals surface area contributed by atoms with Crippen molar-refractivity contribution in [2.24, 2.45) is 0 Å². The minimum Gasteiger partial charge on any atom is -0.443 e. The average molecular weight is 542 g/mol. The molecule has 0 spiro atoms. The van der Waals surface area contributed by atoms with Gasteiger partial charge in [-0.3, -0.25) is 4.98 Å². The van der Waals surface area contributed by atoms with Gasteiger partial charge >= 0.3 is 12.2 Å². The number of nitrogens with zero attached hydrogens (tertiary/aromatic N) is 7. The molecule has 0 unspecified atom stereocenters. The Morgan fingerprint density at radius 2 is 1.52 bits per heavy atom. The number of imide groups is 1. The number of hydrogen-bond acceptors (Lipinski definition) is 11. The molecule has 0 saturated carbocycles. The van der Waals surface area contributed by atoms with E-state index in [0.29, 0.717) is 16.0 Å². The van der Waals surface area contributed by atoms with E-state index in [1.54, 1.807) is 53.7 Å². The van der Waals surface area contributed by atoms with E-state index in [4.69, 9.17) is 13.9 Å². The molecule has 0 atom stereocenters. The first-order valence-electron chi connectivity index (χ1n) is 12.2. The summed E-state index contributed by atoms with van der Waals surface area (Å²) in [6.45, 7) is 9.94. The summed E-state index contributed by atoms with van der Waals surface area (Å²) in [6, 6.07) is 12.6. The van der Waals surface area contributed by atoms with Crippen LogP contribution in [-0.4, -0.2) is 48.5 Å². The van der Waals surface area contributed by atoms with Crippen molar-refractivity contribution in [1.82, 2.24) is 25.1 Å². The smallest absolute Gasteiger partial charge is 0.425 e. The monoisotopic (exact) mass is 541 g/mol. The van der Waals surface area contributed by atoms with Crippen LogP contribution >= 0.6 is 0 Å². The molecule has 2 amide bonds. The van der Waals surface area contributed by atoms with Gasteiger partial charge in [0.2, 0.25) is 5.89 Å². The zero-order valence-corrected chi connectivity index (χ0v) is 22.9. The lowest BCUT2D eigenvalue weighted by atomic mass is 10.1. The van der Waals surface area contributed by atoms with Gasteiger partial charge in [-0.1, -0.05) is 18.2 Å². The Kier molecular flexibility index (Phi) is 7.59. The molecule has 4 rings (SSSR count). The zero-order chi connectivity index (χ0) is 29.1. The number of nitriles is 1. The van der Waals surface area contributed by atoms with Crippen LogP contribution in [0.4, 0.5) is 15.4 Å². The van der Waals surface area contributed by atoms with E-state index < -0.39 is 23.4 Å². The van der Waals surface area contributed by atoms with Gasteiger partial charge < -0.3 is 13.9 Å². The number of anilines is 1. The van der Waals surface area contributed by atoms with Crippen LogP contribution < -0.4 is 4.90 Å². The van der Waals surface area contributed by atoms with Crippen LogP contribution in [0.2, 0.25) is 0 Å². The van der Waals surface area contributed by atoms with Crippen LogP contribution in [0.15, 0.2) is 59.4 Å². The third-order valence-corrected chi connectivity index (χ3v) is 4.98. The lowest BCUT2D eigenvalue weighted by molar-refractivity contribution is 0.0429. The number of carbonyl (C=O) groups excluding carboxylic acids is 2. The van der Waals surface area contributed by atoms with Crippen LogP contribution in [-0.2, 0) is 9.47 Å². The summed E-state index contributed by atoms with van der Waals surface area (Å²) in [4.78, 5) is 40.4. The first-order valence-corrected chi connectivity index (χ1v) is 12.2. The summed E-state index contributed by atoms with van der Waals surface area (Å²) >= 11 is 0. The van der Waals surface area contributed by atoms with E-state index in [1.807, 2.05) is 18.2 Å². The second-order valence-corrected chi connectivity index (χ2v) is 10.5. The fourth-order valence-corrected chi connectivity index (χ4v) is 3.39. The summed E-state index contributed by atoms with van der Waals surface area (Å²) in [5.41, 5.74) is -0.501. The number of benzene rings is 1. The topological polar surface area (TPSA) is 157 Å². The van der Waals surface area contributed by atoms with Gasteiger partial charge in [0.25, 0.3) is 5.89 Å². The lowest BCUT2D eigenvalue weighted by Gasteiger charge is -2.28. The largest absolute Gasteiger partial charge is 0.443 e. The molecule has 12 heteroatoms. The third kappa shape index (κ3) is 6.44. The second kappa shape index (κ2) is 10.9. The second-order valence-electron chi connectivity index (χ2n) is 10.5. The van der Waals surface area contributed by atoms with Crippen LogP contribution in [0, 0.1) is 11.3 Å². The molecule has 0 aliphatic rings. The number of amides is 2. The van der Waals surface area contributed by atoms with Crippen molar-refractivity contribution < 1.29 is 23.5 Å². The Labute approximate surface area is 230 Å². The maximum Gasteiger partial charge on any atom is 0.425 e. The number of pyridine rings is 1. The minimum absolute atomic E-state index is 0.114. The molecule has 204 valence electrons. The van der Waals surface area contributed by atoms with Gasteiger partial charge in [0.1, 0.15) is 11.2 Å². The normalized spacial score (nSPS) is 11.4. The standard InChI is InChI=1S/C28H27N7O5/c1-27(2,3)39-25(36)35(26(37)40-28(4,5)6)22-21(24-34-33-23(38-24)17-10-8-7-9-11-17)32-20(16-31-22)19-15-30-13-12-18(19)14-29/h7-13,15-16H,1-6H3. The number of rotatable bonds is 4. The highest BCUT2D eigenvalue weighted by Crippen LogP contribution is 2.33. The number of ether oxygens (including phenoxy) is 2. The van der Waals surface area contributed by atoms with Crippen molar-refractivity contribution in [2.75, 3.05) is 4.90 Å². The molecule has 12 nitrogen and oxygen atoms in total. The molecule has 0 N–H and O–H groups in total.